The molecule has 0 spiro atoms. The number of pyridine rings is 2. The maximum atomic E-state index is 13.8. The number of aromatic nitrogens is 6. The van der Waals surface area contributed by atoms with Crippen LogP contribution >= 0.6 is 0 Å². The van der Waals surface area contributed by atoms with E-state index in [2.05, 4.69) is 44.2 Å². The van der Waals surface area contributed by atoms with Gasteiger partial charge in [0.25, 0.3) is 0 Å². The van der Waals surface area contributed by atoms with Crippen molar-refractivity contribution >= 4 is 11.6 Å². The quantitative estimate of drug-likeness (QED) is 0.527. The van der Waals surface area contributed by atoms with Gasteiger partial charge in [0.2, 0.25) is 11.5 Å². The summed E-state index contributed by atoms with van der Waals surface area (Å²) in [6.45, 7) is 4.16. The molecule has 0 bridgehead atoms. The van der Waals surface area contributed by atoms with Crippen molar-refractivity contribution in [3.63, 3.8) is 0 Å². The molecule has 4 aromatic rings. The maximum Gasteiger partial charge on any atom is 0.248 e. The Bertz CT molecular complexity index is 1330. The van der Waals surface area contributed by atoms with Crippen LogP contribution in [0.15, 0.2) is 41.6 Å². The van der Waals surface area contributed by atoms with Crippen LogP contribution in [0.25, 0.3) is 17.0 Å². The molecule has 4 aromatic heterocycles. The van der Waals surface area contributed by atoms with E-state index >= 15 is 0 Å². The van der Waals surface area contributed by atoms with Gasteiger partial charge in [-0.25, -0.2) is 9.37 Å². The summed E-state index contributed by atoms with van der Waals surface area (Å²) in [5.41, 5.74) is 4.22. The van der Waals surface area contributed by atoms with Gasteiger partial charge in [-0.15, -0.1) is 0 Å². The summed E-state index contributed by atoms with van der Waals surface area (Å²) in [6.07, 6.45) is 6.88. The molecule has 1 aliphatic carbocycles. The molecule has 4 heterocycles. The summed E-state index contributed by atoms with van der Waals surface area (Å²) in [7, 11) is 0. The molecular formula is C22H22FN7O. The number of hydrogen-bond donors (Lipinski definition) is 2. The van der Waals surface area contributed by atoms with Gasteiger partial charge in [0, 0.05) is 35.1 Å². The topological polar surface area (TPSA) is 101 Å². The SMILES string of the molecule is CC(C)c1cnn2c(N[C@H]3CCc4[nH]c(=O)ccc4C3)nc(-c3cncc(F)c3)nc12. The van der Waals surface area contributed by atoms with Gasteiger partial charge in [-0.1, -0.05) is 19.9 Å². The maximum absolute atomic E-state index is 13.8. The Hall–Kier alpha value is -3.62. The van der Waals surface area contributed by atoms with Gasteiger partial charge in [0.15, 0.2) is 11.5 Å². The van der Waals surface area contributed by atoms with Crippen LogP contribution in [-0.4, -0.2) is 35.6 Å². The van der Waals surface area contributed by atoms with Crippen LogP contribution in [0.5, 0.6) is 0 Å². The van der Waals surface area contributed by atoms with Crippen molar-refractivity contribution in [2.24, 2.45) is 0 Å². The Labute approximate surface area is 177 Å². The van der Waals surface area contributed by atoms with E-state index in [1.807, 2.05) is 6.07 Å². The van der Waals surface area contributed by atoms with E-state index in [0.717, 1.165) is 42.3 Å². The molecule has 0 radical (unpaired) electrons. The summed E-state index contributed by atoms with van der Waals surface area (Å²) < 4.78 is 15.5. The molecule has 0 saturated carbocycles. The average molecular weight is 419 g/mol. The Balaban J connectivity index is 1.56. The minimum Gasteiger partial charge on any atom is -0.351 e. The second-order valence-corrected chi connectivity index (χ2v) is 8.16. The van der Waals surface area contributed by atoms with Gasteiger partial charge < -0.3 is 10.3 Å². The van der Waals surface area contributed by atoms with Crippen LogP contribution < -0.4 is 10.9 Å². The van der Waals surface area contributed by atoms with E-state index in [1.165, 1.54) is 6.07 Å². The smallest absolute Gasteiger partial charge is 0.248 e. The van der Waals surface area contributed by atoms with Crippen LogP contribution in [0.3, 0.4) is 0 Å². The highest BCUT2D eigenvalue weighted by Crippen LogP contribution is 2.26. The van der Waals surface area contributed by atoms with Crippen molar-refractivity contribution in [2.75, 3.05) is 5.32 Å². The van der Waals surface area contributed by atoms with E-state index in [4.69, 9.17) is 0 Å². The lowest BCUT2D eigenvalue weighted by Crippen LogP contribution is -2.30. The van der Waals surface area contributed by atoms with Gasteiger partial charge in [0.05, 0.1) is 12.4 Å². The van der Waals surface area contributed by atoms with Crippen LogP contribution in [-0.2, 0) is 12.8 Å². The fourth-order valence-electron chi connectivity index (χ4n) is 4.01. The van der Waals surface area contributed by atoms with Crippen molar-refractivity contribution in [1.82, 2.24) is 29.5 Å². The third-order valence-corrected chi connectivity index (χ3v) is 5.62. The highest BCUT2D eigenvalue weighted by Gasteiger charge is 2.22. The molecule has 0 aliphatic heterocycles. The Morgan fingerprint density at radius 3 is 2.90 bits per heavy atom. The molecular weight excluding hydrogens is 397 g/mol. The fraction of sp³-hybridized carbons (Fsp3) is 0.318. The lowest BCUT2D eigenvalue weighted by atomic mass is 9.92. The second-order valence-electron chi connectivity index (χ2n) is 8.16. The third-order valence-electron chi connectivity index (χ3n) is 5.62. The van der Waals surface area contributed by atoms with Gasteiger partial charge in [-0.2, -0.15) is 14.6 Å². The normalized spacial score (nSPS) is 15.9. The number of anilines is 1. The molecule has 0 amide bonds. The highest BCUT2D eigenvalue weighted by atomic mass is 19.1. The van der Waals surface area contributed by atoms with E-state index in [-0.39, 0.29) is 17.5 Å². The molecule has 158 valence electrons. The fourth-order valence-corrected chi connectivity index (χ4v) is 4.01. The summed E-state index contributed by atoms with van der Waals surface area (Å²) >= 11 is 0. The van der Waals surface area contributed by atoms with Crippen LogP contribution in [0.2, 0.25) is 0 Å². The zero-order valence-corrected chi connectivity index (χ0v) is 17.3. The number of nitrogens with one attached hydrogen (secondary N) is 2. The molecule has 8 nitrogen and oxygen atoms in total. The number of aryl methyl sites for hydroxylation is 1. The van der Waals surface area contributed by atoms with E-state index in [1.54, 1.807) is 23.0 Å². The number of halogens is 1. The second kappa shape index (κ2) is 7.57. The molecule has 1 aliphatic rings. The van der Waals surface area contributed by atoms with Crippen LogP contribution in [0.4, 0.5) is 10.3 Å². The van der Waals surface area contributed by atoms with E-state index < -0.39 is 5.82 Å². The summed E-state index contributed by atoms with van der Waals surface area (Å²) in [4.78, 5) is 27.8. The minimum absolute atomic E-state index is 0.0752. The first-order valence-electron chi connectivity index (χ1n) is 10.3. The molecule has 31 heavy (non-hydrogen) atoms. The van der Waals surface area contributed by atoms with Crippen LogP contribution in [0.1, 0.15) is 43.0 Å². The zero-order chi connectivity index (χ0) is 21.5. The van der Waals surface area contributed by atoms with Gasteiger partial charge >= 0.3 is 0 Å². The molecule has 9 heteroatoms. The summed E-state index contributed by atoms with van der Waals surface area (Å²) in [5.74, 6) is 0.724. The van der Waals surface area contributed by atoms with Gasteiger partial charge in [-0.3, -0.25) is 9.78 Å². The number of H-pyrrole nitrogens is 1. The number of fused-ring (bicyclic) bond motifs is 2. The van der Waals surface area contributed by atoms with Gasteiger partial charge in [-0.05, 0) is 36.8 Å². The average Bonchev–Trinajstić information content (AvgIpc) is 3.18. The highest BCUT2D eigenvalue weighted by molar-refractivity contribution is 5.62. The summed E-state index contributed by atoms with van der Waals surface area (Å²) in [5, 5.41) is 8.01. The Morgan fingerprint density at radius 1 is 1.23 bits per heavy atom. The van der Waals surface area contributed by atoms with E-state index in [9.17, 15) is 9.18 Å². The molecule has 0 saturated heterocycles. The molecule has 0 aromatic carbocycles. The molecule has 0 unspecified atom stereocenters. The van der Waals surface area contributed by atoms with Gasteiger partial charge in [0.1, 0.15) is 5.82 Å². The standard InChI is InChI=1S/C22H22FN7O/c1-12(2)17-11-25-30-21(17)28-20(14-7-15(23)10-24-9-14)29-22(30)26-16-4-5-18-13(8-16)3-6-19(31)27-18/h3,6-7,9-12,16H,4-5,8H2,1-2H3,(H,27,31)(H,26,28,29)/t16-/m0/s1. The lowest BCUT2D eigenvalue weighted by molar-refractivity contribution is 0.590. The first kappa shape index (κ1) is 19.3. The summed E-state index contributed by atoms with van der Waals surface area (Å²) in [6, 6.07) is 4.93. The van der Waals surface area contributed by atoms with Crippen molar-refractivity contribution in [3.8, 4) is 11.4 Å². The monoisotopic (exact) mass is 419 g/mol. The number of hydrogen-bond acceptors (Lipinski definition) is 6. The first-order valence-corrected chi connectivity index (χ1v) is 10.3. The van der Waals surface area contributed by atoms with Crippen molar-refractivity contribution < 1.29 is 4.39 Å². The molecule has 1 atom stereocenters. The van der Waals surface area contributed by atoms with Crippen molar-refractivity contribution in [1.29, 1.82) is 0 Å². The molecule has 2 N–H and O–H groups in total. The number of rotatable bonds is 4. The lowest BCUT2D eigenvalue weighted by Gasteiger charge is -2.25. The van der Waals surface area contributed by atoms with Crippen molar-refractivity contribution in [2.45, 2.75) is 45.1 Å². The zero-order valence-electron chi connectivity index (χ0n) is 17.3. The van der Waals surface area contributed by atoms with Crippen molar-refractivity contribution in [3.05, 3.63) is 69.8 Å². The minimum atomic E-state index is -0.439. The van der Waals surface area contributed by atoms with Crippen LogP contribution in [0, 0.1) is 5.82 Å². The predicted octanol–water partition coefficient (Wildman–Crippen LogP) is 3.11. The molecule has 5 rings (SSSR count). The third kappa shape index (κ3) is 3.67. The molecule has 0 fully saturated rings. The number of nitrogens with zero attached hydrogens (tertiary/aromatic N) is 5. The van der Waals surface area contributed by atoms with E-state index in [0.29, 0.717) is 23.0 Å². The first-order chi connectivity index (χ1) is 15.0. The Morgan fingerprint density at radius 2 is 2.10 bits per heavy atom. The number of aromatic amines is 1. The largest absolute Gasteiger partial charge is 0.351 e. The Kier molecular flexibility index (Phi) is 4.72. The predicted molar refractivity (Wildman–Crippen MR) is 115 cm³/mol.